The summed E-state index contributed by atoms with van der Waals surface area (Å²) >= 11 is 3.20. The molecule has 21 heavy (non-hydrogen) atoms. The van der Waals surface area contributed by atoms with Crippen LogP contribution in [0.2, 0.25) is 25.7 Å². The number of benzene rings is 1. The predicted molar refractivity (Wildman–Crippen MR) is 87.2 cm³/mol. The molecule has 1 aromatic heterocycles. The molecular formula is C14H19BrFNO3Si. The van der Waals surface area contributed by atoms with Gasteiger partial charge < -0.3 is 9.15 Å². The summed E-state index contributed by atoms with van der Waals surface area (Å²) in [6.07, 6.45) is 0. The van der Waals surface area contributed by atoms with E-state index >= 15 is 0 Å². The number of ether oxygens (including phenoxy) is 1. The Balaban J connectivity index is 2.18. The van der Waals surface area contributed by atoms with Crippen molar-refractivity contribution >= 4 is 35.1 Å². The van der Waals surface area contributed by atoms with E-state index in [2.05, 4.69) is 35.6 Å². The molecule has 0 saturated carbocycles. The Kier molecular flexibility index (Phi) is 5.06. The van der Waals surface area contributed by atoms with Crippen LogP contribution in [0, 0.1) is 5.82 Å². The lowest BCUT2D eigenvalue weighted by atomic mass is 10.2. The zero-order chi connectivity index (χ0) is 15.6. The van der Waals surface area contributed by atoms with Crippen LogP contribution in [0.3, 0.4) is 0 Å². The van der Waals surface area contributed by atoms with Gasteiger partial charge in [-0.2, -0.15) is 0 Å². The second kappa shape index (κ2) is 6.45. The summed E-state index contributed by atoms with van der Waals surface area (Å²) in [5, 5.41) is 0.371. The van der Waals surface area contributed by atoms with Gasteiger partial charge in [0.25, 0.3) is 0 Å². The molecule has 0 amide bonds. The SMILES string of the molecule is C[Si](C)(C)CCOCn1c(=O)oc2cc(CBr)c(F)cc21. The summed E-state index contributed by atoms with van der Waals surface area (Å²) in [6.45, 7) is 7.45. The summed E-state index contributed by atoms with van der Waals surface area (Å²) in [7, 11) is -1.17. The van der Waals surface area contributed by atoms with E-state index in [4.69, 9.17) is 9.15 Å². The maximum Gasteiger partial charge on any atom is 0.421 e. The highest BCUT2D eigenvalue weighted by molar-refractivity contribution is 9.08. The Labute approximate surface area is 132 Å². The predicted octanol–water partition coefficient (Wildman–Crippen LogP) is 3.94. The molecule has 0 saturated heterocycles. The number of rotatable bonds is 6. The zero-order valence-electron chi connectivity index (χ0n) is 12.4. The lowest BCUT2D eigenvalue weighted by Crippen LogP contribution is -2.23. The van der Waals surface area contributed by atoms with Gasteiger partial charge in [-0.3, -0.25) is 0 Å². The van der Waals surface area contributed by atoms with Crippen LogP contribution in [-0.2, 0) is 16.8 Å². The van der Waals surface area contributed by atoms with Gasteiger partial charge in [0.15, 0.2) is 5.58 Å². The number of nitrogens with zero attached hydrogens (tertiary/aromatic N) is 1. The molecule has 0 fully saturated rings. The molecule has 0 spiro atoms. The normalized spacial score (nSPS) is 12.2. The minimum Gasteiger partial charge on any atom is -0.408 e. The second-order valence-electron chi connectivity index (χ2n) is 6.19. The lowest BCUT2D eigenvalue weighted by Gasteiger charge is -2.15. The van der Waals surface area contributed by atoms with Crippen molar-refractivity contribution in [3.8, 4) is 0 Å². The Morgan fingerprint density at radius 1 is 1.38 bits per heavy atom. The summed E-state index contributed by atoms with van der Waals surface area (Å²) in [6, 6.07) is 3.87. The number of aromatic nitrogens is 1. The first-order chi connectivity index (χ1) is 9.81. The minimum absolute atomic E-state index is 0.0867. The highest BCUT2D eigenvalue weighted by Crippen LogP contribution is 2.20. The molecule has 0 aliphatic heterocycles. The molecule has 116 valence electrons. The van der Waals surface area contributed by atoms with Crippen molar-refractivity contribution in [3.05, 3.63) is 34.1 Å². The molecule has 0 unspecified atom stereocenters. The quantitative estimate of drug-likeness (QED) is 0.436. The Bertz CT molecular complexity index is 690. The molecule has 0 bridgehead atoms. The van der Waals surface area contributed by atoms with Crippen molar-refractivity contribution in [2.24, 2.45) is 0 Å². The van der Waals surface area contributed by atoms with E-state index in [1.165, 1.54) is 10.6 Å². The molecule has 1 heterocycles. The first-order valence-electron chi connectivity index (χ1n) is 6.77. The van der Waals surface area contributed by atoms with Crippen LogP contribution in [0.5, 0.6) is 0 Å². The first kappa shape index (κ1) is 16.4. The van der Waals surface area contributed by atoms with Gasteiger partial charge in [-0.05, 0) is 12.1 Å². The monoisotopic (exact) mass is 375 g/mol. The molecule has 0 aliphatic rings. The molecule has 0 N–H and O–H groups in total. The second-order valence-corrected chi connectivity index (χ2v) is 12.4. The van der Waals surface area contributed by atoms with Crippen LogP contribution in [0.4, 0.5) is 4.39 Å². The van der Waals surface area contributed by atoms with E-state index in [0.29, 0.717) is 28.6 Å². The van der Waals surface area contributed by atoms with Crippen molar-refractivity contribution < 1.29 is 13.5 Å². The summed E-state index contributed by atoms with van der Waals surface area (Å²) in [4.78, 5) is 11.8. The molecule has 0 atom stereocenters. The van der Waals surface area contributed by atoms with E-state index < -0.39 is 13.8 Å². The van der Waals surface area contributed by atoms with Crippen molar-refractivity contribution in [1.29, 1.82) is 0 Å². The standard InChI is InChI=1S/C14H19BrFNO3Si/c1-21(2,3)5-4-19-9-17-12-7-11(16)10(8-15)6-13(12)20-14(17)18/h6-7H,4-5,8-9H2,1-3H3. The fourth-order valence-corrected chi connectivity index (χ4v) is 3.07. The molecule has 0 radical (unpaired) electrons. The number of alkyl halides is 1. The van der Waals surface area contributed by atoms with Gasteiger partial charge in [-0.25, -0.2) is 13.8 Å². The summed E-state index contributed by atoms with van der Waals surface area (Å²) < 4.78 is 25.8. The van der Waals surface area contributed by atoms with Crippen molar-refractivity contribution in [2.75, 3.05) is 6.61 Å². The molecule has 0 aliphatic carbocycles. The highest BCUT2D eigenvalue weighted by Gasteiger charge is 2.15. The van der Waals surface area contributed by atoms with Crippen LogP contribution in [-0.4, -0.2) is 19.2 Å². The Morgan fingerprint density at radius 2 is 2.10 bits per heavy atom. The first-order valence-corrected chi connectivity index (χ1v) is 11.6. The fraction of sp³-hybridized carbons (Fsp3) is 0.500. The number of fused-ring (bicyclic) bond motifs is 1. The van der Waals surface area contributed by atoms with Gasteiger partial charge in [-0.15, -0.1) is 0 Å². The van der Waals surface area contributed by atoms with Crippen molar-refractivity contribution in [3.63, 3.8) is 0 Å². The van der Waals surface area contributed by atoms with Crippen LogP contribution in [0.1, 0.15) is 5.56 Å². The third-order valence-corrected chi connectivity index (χ3v) is 5.51. The Hall–Kier alpha value is -0.923. The maximum absolute atomic E-state index is 13.8. The molecule has 4 nitrogen and oxygen atoms in total. The van der Waals surface area contributed by atoms with Crippen LogP contribution < -0.4 is 5.76 Å². The van der Waals surface area contributed by atoms with Gasteiger partial charge in [-0.1, -0.05) is 35.6 Å². The molecule has 2 aromatic rings. The number of halogens is 2. The number of hydrogen-bond acceptors (Lipinski definition) is 3. The number of hydrogen-bond donors (Lipinski definition) is 0. The molecule has 1 aromatic carbocycles. The fourth-order valence-electron chi connectivity index (χ4n) is 1.88. The third kappa shape index (κ3) is 4.05. The van der Waals surface area contributed by atoms with Gasteiger partial charge >= 0.3 is 5.76 Å². The van der Waals surface area contributed by atoms with E-state index in [9.17, 15) is 9.18 Å². The zero-order valence-corrected chi connectivity index (χ0v) is 15.0. The lowest BCUT2D eigenvalue weighted by molar-refractivity contribution is 0.0850. The van der Waals surface area contributed by atoms with Gasteiger partial charge in [0, 0.05) is 31.6 Å². The Morgan fingerprint density at radius 3 is 2.71 bits per heavy atom. The average Bonchev–Trinajstić information content (AvgIpc) is 2.68. The molecular weight excluding hydrogens is 357 g/mol. The smallest absolute Gasteiger partial charge is 0.408 e. The van der Waals surface area contributed by atoms with Gasteiger partial charge in [0.05, 0.1) is 5.52 Å². The van der Waals surface area contributed by atoms with Crippen LogP contribution >= 0.6 is 15.9 Å². The third-order valence-electron chi connectivity index (χ3n) is 3.20. The van der Waals surface area contributed by atoms with Crippen LogP contribution in [0.25, 0.3) is 11.1 Å². The summed E-state index contributed by atoms with van der Waals surface area (Å²) in [5.41, 5.74) is 1.27. The molecule has 2 rings (SSSR count). The van der Waals surface area contributed by atoms with Crippen molar-refractivity contribution in [2.45, 2.75) is 37.7 Å². The van der Waals surface area contributed by atoms with Crippen molar-refractivity contribution in [1.82, 2.24) is 4.57 Å². The van der Waals surface area contributed by atoms with E-state index in [0.717, 1.165) is 6.04 Å². The summed E-state index contributed by atoms with van der Waals surface area (Å²) in [5.74, 6) is -0.889. The average molecular weight is 376 g/mol. The van der Waals surface area contributed by atoms with E-state index in [-0.39, 0.29) is 12.5 Å². The van der Waals surface area contributed by atoms with E-state index in [1.54, 1.807) is 6.07 Å². The highest BCUT2D eigenvalue weighted by atomic mass is 79.9. The number of oxazole rings is 1. The largest absolute Gasteiger partial charge is 0.421 e. The maximum atomic E-state index is 13.8. The van der Waals surface area contributed by atoms with Gasteiger partial charge in [0.2, 0.25) is 0 Å². The van der Waals surface area contributed by atoms with Crippen LogP contribution in [0.15, 0.2) is 21.3 Å². The topological polar surface area (TPSA) is 44.4 Å². The van der Waals surface area contributed by atoms with Gasteiger partial charge in [0.1, 0.15) is 12.5 Å². The van der Waals surface area contributed by atoms with E-state index in [1.807, 2.05) is 0 Å². The molecule has 7 heteroatoms. The minimum atomic E-state index is -1.17.